The van der Waals surface area contributed by atoms with Crippen LogP contribution in [-0.4, -0.2) is 35.7 Å². The summed E-state index contributed by atoms with van der Waals surface area (Å²) < 4.78 is 13.4. The van der Waals surface area contributed by atoms with Gasteiger partial charge in [0.05, 0.1) is 24.8 Å². The minimum absolute atomic E-state index is 0.126. The lowest BCUT2D eigenvalue weighted by Crippen LogP contribution is -2.24. The fourth-order valence-corrected chi connectivity index (χ4v) is 3.46. The fourth-order valence-electron chi connectivity index (χ4n) is 3.46. The summed E-state index contributed by atoms with van der Waals surface area (Å²) in [5.74, 6) is 2.79. The van der Waals surface area contributed by atoms with Gasteiger partial charge in [0, 0.05) is 32.0 Å². The molecular weight excluding hydrogens is 378 g/mol. The molecule has 1 N–H and O–H groups in total. The Bertz CT molecular complexity index is 952. The summed E-state index contributed by atoms with van der Waals surface area (Å²) >= 11 is 0. The van der Waals surface area contributed by atoms with Gasteiger partial charge in [-0.3, -0.25) is 4.79 Å². The van der Waals surface area contributed by atoms with Crippen molar-refractivity contribution in [1.29, 1.82) is 0 Å². The van der Waals surface area contributed by atoms with Crippen molar-refractivity contribution in [2.75, 3.05) is 20.3 Å². The lowest BCUT2D eigenvalue weighted by molar-refractivity contribution is -0.121. The van der Waals surface area contributed by atoms with E-state index in [4.69, 9.17) is 14.5 Å². The average Bonchev–Trinajstić information content (AvgIpc) is 3.12. The van der Waals surface area contributed by atoms with Crippen molar-refractivity contribution in [3.63, 3.8) is 0 Å². The highest BCUT2D eigenvalue weighted by Crippen LogP contribution is 2.20. The standard InChI is InChI=1S/C24H31N3O3/c1-3-9-24(28)25-15-7-14-23-26-21-12-4-5-13-22(21)27(23)16-8-17-30-20-11-6-10-19(18-20)29-2/h4-6,10-13,18H,3,7-9,14-17H2,1-2H3,(H,25,28). The van der Waals surface area contributed by atoms with Crippen LogP contribution in [0.15, 0.2) is 48.5 Å². The first kappa shape index (κ1) is 21.7. The molecule has 0 spiro atoms. The first-order chi connectivity index (χ1) is 14.7. The van der Waals surface area contributed by atoms with E-state index in [1.54, 1.807) is 7.11 Å². The first-order valence-corrected chi connectivity index (χ1v) is 10.7. The monoisotopic (exact) mass is 409 g/mol. The van der Waals surface area contributed by atoms with Crippen molar-refractivity contribution < 1.29 is 14.3 Å². The second-order valence-electron chi connectivity index (χ2n) is 7.25. The molecule has 160 valence electrons. The van der Waals surface area contributed by atoms with Crippen LogP contribution in [0.3, 0.4) is 0 Å². The third kappa shape index (κ3) is 5.99. The van der Waals surface area contributed by atoms with Gasteiger partial charge in [0.25, 0.3) is 0 Å². The fraction of sp³-hybridized carbons (Fsp3) is 0.417. The van der Waals surface area contributed by atoms with Gasteiger partial charge < -0.3 is 19.4 Å². The average molecular weight is 410 g/mol. The zero-order valence-corrected chi connectivity index (χ0v) is 17.9. The SMILES string of the molecule is CCCC(=O)NCCCc1nc2ccccc2n1CCCOc1cccc(OC)c1. The van der Waals surface area contributed by atoms with Gasteiger partial charge in [-0.15, -0.1) is 0 Å². The highest BCUT2D eigenvalue weighted by molar-refractivity contribution is 5.76. The maximum Gasteiger partial charge on any atom is 0.219 e. The number of methoxy groups -OCH3 is 1. The van der Waals surface area contributed by atoms with E-state index in [1.807, 2.05) is 49.4 Å². The molecule has 0 saturated carbocycles. The van der Waals surface area contributed by atoms with Crippen molar-refractivity contribution in [3.8, 4) is 11.5 Å². The highest BCUT2D eigenvalue weighted by atomic mass is 16.5. The number of para-hydroxylation sites is 2. The van der Waals surface area contributed by atoms with E-state index < -0.39 is 0 Å². The van der Waals surface area contributed by atoms with Gasteiger partial charge in [-0.05, 0) is 43.5 Å². The van der Waals surface area contributed by atoms with Crippen molar-refractivity contribution in [1.82, 2.24) is 14.9 Å². The number of carbonyl (C=O) groups excluding carboxylic acids is 1. The maximum absolute atomic E-state index is 11.6. The van der Waals surface area contributed by atoms with E-state index >= 15 is 0 Å². The molecule has 0 atom stereocenters. The summed E-state index contributed by atoms with van der Waals surface area (Å²) in [5.41, 5.74) is 2.15. The lowest BCUT2D eigenvalue weighted by atomic mass is 10.2. The molecule has 1 amide bonds. The molecule has 0 saturated heterocycles. The van der Waals surface area contributed by atoms with Crippen LogP contribution < -0.4 is 14.8 Å². The van der Waals surface area contributed by atoms with Crippen molar-refractivity contribution in [2.45, 2.75) is 45.6 Å². The number of aryl methyl sites for hydroxylation is 2. The second kappa shape index (κ2) is 11.2. The normalized spacial score (nSPS) is 10.9. The molecule has 1 heterocycles. The van der Waals surface area contributed by atoms with E-state index in [9.17, 15) is 4.79 Å². The molecule has 0 unspecified atom stereocenters. The Labute approximate surface area is 178 Å². The molecule has 0 aliphatic rings. The summed E-state index contributed by atoms with van der Waals surface area (Å²) in [5, 5.41) is 2.98. The summed E-state index contributed by atoms with van der Waals surface area (Å²) in [6, 6.07) is 15.9. The van der Waals surface area contributed by atoms with Gasteiger partial charge in [-0.1, -0.05) is 25.1 Å². The van der Waals surface area contributed by atoms with Crippen LogP contribution in [0.25, 0.3) is 11.0 Å². The molecule has 0 bridgehead atoms. The zero-order valence-electron chi connectivity index (χ0n) is 17.9. The molecule has 6 heteroatoms. The van der Waals surface area contributed by atoms with Gasteiger partial charge in [-0.25, -0.2) is 4.98 Å². The number of benzene rings is 2. The van der Waals surface area contributed by atoms with E-state index in [0.29, 0.717) is 19.6 Å². The summed E-state index contributed by atoms with van der Waals surface area (Å²) in [4.78, 5) is 16.5. The van der Waals surface area contributed by atoms with Crippen molar-refractivity contribution in [2.24, 2.45) is 0 Å². The number of hydrogen-bond acceptors (Lipinski definition) is 4. The van der Waals surface area contributed by atoms with Crippen LogP contribution in [-0.2, 0) is 17.8 Å². The van der Waals surface area contributed by atoms with Gasteiger partial charge in [0.1, 0.15) is 17.3 Å². The number of nitrogens with zero attached hydrogens (tertiary/aromatic N) is 2. The van der Waals surface area contributed by atoms with Crippen LogP contribution in [0.2, 0.25) is 0 Å². The van der Waals surface area contributed by atoms with E-state index in [1.165, 1.54) is 0 Å². The molecular formula is C24H31N3O3. The Kier molecular flexibility index (Phi) is 8.12. The molecule has 0 aliphatic carbocycles. The smallest absolute Gasteiger partial charge is 0.219 e. The third-order valence-corrected chi connectivity index (χ3v) is 4.95. The van der Waals surface area contributed by atoms with Crippen molar-refractivity contribution >= 4 is 16.9 Å². The highest BCUT2D eigenvalue weighted by Gasteiger charge is 2.10. The summed E-state index contributed by atoms with van der Waals surface area (Å²) in [6.07, 6.45) is 4.04. The molecule has 6 nitrogen and oxygen atoms in total. The quantitative estimate of drug-likeness (QED) is 0.451. The summed E-state index contributed by atoms with van der Waals surface area (Å²) in [7, 11) is 1.65. The van der Waals surface area contributed by atoms with Gasteiger partial charge in [-0.2, -0.15) is 0 Å². The van der Waals surface area contributed by atoms with Crippen LogP contribution in [0.1, 0.15) is 38.4 Å². The molecule has 30 heavy (non-hydrogen) atoms. The number of amides is 1. The Morgan fingerprint density at radius 1 is 1.10 bits per heavy atom. The van der Waals surface area contributed by atoms with E-state index in [0.717, 1.165) is 60.6 Å². The number of ether oxygens (including phenoxy) is 2. The number of nitrogens with one attached hydrogen (secondary N) is 1. The maximum atomic E-state index is 11.6. The number of rotatable bonds is 12. The number of carbonyl (C=O) groups is 1. The number of hydrogen-bond donors (Lipinski definition) is 1. The first-order valence-electron chi connectivity index (χ1n) is 10.7. The van der Waals surface area contributed by atoms with Crippen LogP contribution in [0, 0.1) is 0 Å². The Morgan fingerprint density at radius 3 is 2.77 bits per heavy atom. The van der Waals surface area contributed by atoms with Crippen molar-refractivity contribution in [3.05, 3.63) is 54.4 Å². The Morgan fingerprint density at radius 2 is 1.93 bits per heavy atom. The summed E-state index contributed by atoms with van der Waals surface area (Å²) in [6.45, 7) is 4.15. The van der Waals surface area contributed by atoms with E-state index in [2.05, 4.69) is 16.0 Å². The van der Waals surface area contributed by atoms with Gasteiger partial charge in [0.15, 0.2) is 0 Å². The Hall–Kier alpha value is -3.02. The zero-order chi connectivity index (χ0) is 21.2. The molecule has 2 aromatic carbocycles. The molecule has 3 rings (SSSR count). The lowest BCUT2D eigenvalue weighted by Gasteiger charge is -2.11. The predicted molar refractivity (Wildman–Crippen MR) is 119 cm³/mol. The molecule has 0 radical (unpaired) electrons. The number of imidazole rings is 1. The second-order valence-corrected chi connectivity index (χ2v) is 7.25. The molecule has 0 fully saturated rings. The number of fused-ring (bicyclic) bond motifs is 1. The largest absolute Gasteiger partial charge is 0.497 e. The van der Waals surface area contributed by atoms with Crippen LogP contribution in [0.4, 0.5) is 0 Å². The molecule has 1 aromatic heterocycles. The number of aromatic nitrogens is 2. The molecule has 3 aromatic rings. The minimum atomic E-state index is 0.126. The third-order valence-electron chi connectivity index (χ3n) is 4.95. The predicted octanol–water partition coefficient (Wildman–Crippen LogP) is 4.36. The topological polar surface area (TPSA) is 65.4 Å². The van der Waals surface area contributed by atoms with Crippen LogP contribution >= 0.6 is 0 Å². The van der Waals surface area contributed by atoms with Gasteiger partial charge >= 0.3 is 0 Å². The van der Waals surface area contributed by atoms with Gasteiger partial charge in [0.2, 0.25) is 5.91 Å². The molecule has 0 aliphatic heterocycles. The van der Waals surface area contributed by atoms with Crippen LogP contribution in [0.5, 0.6) is 11.5 Å². The Balaban J connectivity index is 1.56. The minimum Gasteiger partial charge on any atom is -0.497 e. The van der Waals surface area contributed by atoms with E-state index in [-0.39, 0.29) is 5.91 Å².